The van der Waals surface area contributed by atoms with Gasteiger partial charge in [-0.05, 0) is 0 Å². The first-order valence-corrected chi connectivity index (χ1v) is 2.78. The highest BCUT2D eigenvalue weighted by Gasteiger charge is 2.27. The third-order valence-electron chi connectivity index (χ3n) is 1.38. The molecular weight excluding hydrogens is 122 g/mol. The largest absolute Gasteiger partial charge is 0.264 e. The minimum absolute atomic E-state index is 0.253. The maximum absolute atomic E-state index is 10.1. The van der Waals surface area contributed by atoms with E-state index < -0.39 is 6.04 Å². The first kappa shape index (κ1) is 6.44. The van der Waals surface area contributed by atoms with Gasteiger partial charge in [-0.25, -0.2) is 10.4 Å². The van der Waals surface area contributed by atoms with Crippen molar-refractivity contribution in [3.05, 3.63) is 10.1 Å². The Hall–Kier alpha value is -0.680. The minimum Gasteiger partial charge on any atom is -0.264 e. The molecule has 1 atom stereocenters. The molecule has 0 spiro atoms. The Morgan fingerprint density at radius 1 is 1.89 bits per heavy atom. The summed E-state index contributed by atoms with van der Waals surface area (Å²) >= 11 is 0. The van der Waals surface area contributed by atoms with E-state index in [9.17, 15) is 10.1 Å². The van der Waals surface area contributed by atoms with Gasteiger partial charge in [0.1, 0.15) is 0 Å². The molecule has 1 aliphatic heterocycles. The molecule has 0 amide bonds. The van der Waals surface area contributed by atoms with Gasteiger partial charge in [0, 0.05) is 12.0 Å². The molecule has 1 heterocycles. The summed E-state index contributed by atoms with van der Waals surface area (Å²) in [5.41, 5.74) is 2.84. The molecule has 1 saturated heterocycles. The summed E-state index contributed by atoms with van der Waals surface area (Å²) in [4.78, 5) is 9.83. The average molecular weight is 131 g/mol. The molecule has 9 heavy (non-hydrogen) atoms. The standard InChI is InChI=1S/C4H9N3O2/c1-6-3-4(2-5-6)7(8)9/h4-5H,2-3H2,1H3. The van der Waals surface area contributed by atoms with Gasteiger partial charge in [0.15, 0.2) is 0 Å². The van der Waals surface area contributed by atoms with E-state index in [4.69, 9.17) is 0 Å². The van der Waals surface area contributed by atoms with E-state index in [1.807, 2.05) is 0 Å². The van der Waals surface area contributed by atoms with Crippen LogP contribution in [0.2, 0.25) is 0 Å². The number of likely N-dealkylation sites (N-methyl/N-ethyl adjacent to an activating group) is 1. The predicted molar refractivity (Wildman–Crippen MR) is 31.4 cm³/mol. The molecule has 1 unspecified atom stereocenters. The molecule has 1 rings (SSSR count). The van der Waals surface area contributed by atoms with Crippen molar-refractivity contribution in [2.45, 2.75) is 6.04 Å². The maximum Gasteiger partial charge on any atom is 0.240 e. The topological polar surface area (TPSA) is 58.4 Å². The van der Waals surface area contributed by atoms with Crippen LogP contribution in [-0.2, 0) is 0 Å². The molecule has 1 fully saturated rings. The zero-order valence-corrected chi connectivity index (χ0v) is 5.20. The van der Waals surface area contributed by atoms with Crippen molar-refractivity contribution in [1.82, 2.24) is 10.4 Å². The molecule has 0 aromatic rings. The fraction of sp³-hybridized carbons (Fsp3) is 1.00. The van der Waals surface area contributed by atoms with Crippen LogP contribution < -0.4 is 5.43 Å². The highest BCUT2D eigenvalue weighted by molar-refractivity contribution is 4.68. The van der Waals surface area contributed by atoms with Gasteiger partial charge in [-0.2, -0.15) is 0 Å². The van der Waals surface area contributed by atoms with Crippen LogP contribution in [0.1, 0.15) is 0 Å². The lowest BCUT2D eigenvalue weighted by Crippen LogP contribution is -2.25. The van der Waals surface area contributed by atoms with Gasteiger partial charge in [-0.15, -0.1) is 0 Å². The van der Waals surface area contributed by atoms with E-state index in [1.165, 1.54) is 0 Å². The summed E-state index contributed by atoms with van der Waals surface area (Å²) in [6, 6.07) is -0.421. The van der Waals surface area contributed by atoms with Gasteiger partial charge in [0.25, 0.3) is 0 Å². The molecule has 0 saturated carbocycles. The monoisotopic (exact) mass is 131 g/mol. The number of nitrogens with zero attached hydrogens (tertiary/aromatic N) is 2. The number of nitro groups is 1. The summed E-state index contributed by atoms with van der Waals surface area (Å²) < 4.78 is 0. The third-order valence-corrected chi connectivity index (χ3v) is 1.38. The number of rotatable bonds is 1. The summed E-state index contributed by atoms with van der Waals surface area (Å²) in [6.07, 6.45) is 0. The lowest BCUT2D eigenvalue weighted by Gasteiger charge is -2.02. The van der Waals surface area contributed by atoms with Crippen LogP contribution in [0.15, 0.2) is 0 Å². The van der Waals surface area contributed by atoms with Crippen LogP contribution in [0.25, 0.3) is 0 Å². The molecule has 0 aromatic carbocycles. The lowest BCUT2D eigenvalue weighted by molar-refractivity contribution is -0.514. The van der Waals surface area contributed by atoms with Crippen molar-refractivity contribution in [1.29, 1.82) is 0 Å². The average Bonchev–Trinajstić information content (AvgIpc) is 2.14. The molecule has 5 nitrogen and oxygen atoms in total. The summed E-state index contributed by atoms with van der Waals surface area (Å²) in [5, 5.41) is 11.8. The van der Waals surface area contributed by atoms with Crippen LogP contribution >= 0.6 is 0 Å². The van der Waals surface area contributed by atoms with E-state index in [-0.39, 0.29) is 4.92 Å². The fourth-order valence-corrected chi connectivity index (χ4v) is 0.848. The van der Waals surface area contributed by atoms with E-state index in [0.717, 1.165) is 0 Å². The Morgan fingerprint density at radius 2 is 2.56 bits per heavy atom. The Labute approximate surface area is 52.8 Å². The first-order chi connectivity index (χ1) is 4.20. The van der Waals surface area contributed by atoms with Gasteiger partial charge in [0.2, 0.25) is 6.04 Å². The first-order valence-electron chi connectivity index (χ1n) is 2.78. The zero-order chi connectivity index (χ0) is 6.85. The lowest BCUT2D eigenvalue weighted by atomic mass is 10.3. The van der Waals surface area contributed by atoms with Crippen molar-refractivity contribution >= 4 is 0 Å². The van der Waals surface area contributed by atoms with Crippen molar-refractivity contribution < 1.29 is 4.92 Å². The van der Waals surface area contributed by atoms with Crippen molar-refractivity contribution in [3.8, 4) is 0 Å². The Morgan fingerprint density at radius 3 is 2.78 bits per heavy atom. The summed E-state index contributed by atoms with van der Waals surface area (Å²) in [6.45, 7) is 0.969. The minimum atomic E-state index is -0.421. The van der Waals surface area contributed by atoms with Crippen molar-refractivity contribution in [2.24, 2.45) is 0 Å². The third kappa shape index (κ3) is 1.36. The molecule has 0 bridgehead atoms. The van der Waals surface area contributed by atoms with Crippen molar-refractivity contribution in [3.63, 3.8) is 0 Å². The molecule has 1 N–H and O–H groups in total. The normalized spacial score (nSPS) is 28.8. The van der Waals surface area contributed by atoms with E-state index >= 15 is 0 Å². The second-order valence-corrected chi connectivity index (χ2v) is 2.18. The molecular formula is C4H9N3O2. The number of hydrogen-bond acceptors (Lipinski definition) is 4. The zero-order valence-electron chi connectivity index (χ0n) is 5.20. The quantitative estimate of drug-likeness (QED) is 0.369. The highest BCUT2D eigenvalue weighted by atomic mass is 16.6. The van der Waals surface area contributed by atoms with Gasteiger partial charge < -0.3 is 0 Å². The van der Waals surface area contributed by atoms with Gasteiger partial charge in [-0.3, -0.25) is 10.1 Å². The van der Waals surface area contributed by atoms with Crippen LogP contribution in [0.4, 0.5) is 0 Å². The maximum atomic E-state index is 10.1. The smallest absolute Gasteiger partial charge is 0.240 e. The van der Waals surface area contributed by atoms with Crippen molar-refractivity contribution in [2.75, 3.05) is 20.1 Å². The van der Waals surface area contributed by atoms with Gasteiger partial charge in [0.05, 0.1) is 13.1 Å². The van der Waals surface area contributed by atoms with E-state index in [1.54, 1.807) is 12.1 Å². The molecule has 5 heteroatoms. The molecule has 0 aliphatic carbocycles. The second-order valence-electron chi connectivity index (χ2n) is 2.18. The Kier molecular flexibility index (Phi) is 1.63. The van der Waals surface area contributed by atoms with E-state index in [2.05, 4.69) is 5.43 Å². The molecule has 0 radical (unpaired) electrons. The Balaban J connectivity index is 2.39. The molecule has 0 aromatic heterocycles. The number of hydrogen-bond donors (Lipinski definition) is 1. The van der Waals surface area contributed by atoms with Gasteiger partial charge >= 0.3 is 0 Å². The van der Waals surface area contributed by atoms with Gasteiger partial charge in [-0.1, -0.05) is 0 Å². The fourth-order valence-electron chi connectivity index (χ4n) is 0.848. The number of hydrazine groups is 1. The molecule has 52 valence electrons. The molecule has 1 aliphatic rings. The SMILES string of the molecule is CN1CC([N+](=O)[O-])CN1. The van der Waals surface area contributed by atoms with Crippen LogP contribution in [-0.4, -0.2) is 36.1 Å². The Bertz CT molecular complexity index is 127. The van der Waals surface area contributed by atoms with Crippen LogP contribution in [0.3, 0.4) is 0 Å². The number of nitrogens with one attached hydrogen (secondary N) is 1. The van der Waals surface area contributed by atoms with Crippen LogP contribution in [0, 0.1) is 10.1 Å². The summed E-state index contributed by atoms with van der Waals surface area (Å²) in [5.74, 6) is 0. The summed E-state index contributed by atoms with van der Waals surface area (Å²) in [7, 11) is 1.80. The second kappa shape index (κ2) is 2.28. The van der Waals surface area contributed by atoms with Crippen LogP contribution in [0.5, 0.6) is 0 Å². The predicted octanol–water partition coefficient (Wildman–Crippen LogP) is -0.918. The van der Waals surface area contributed by atoms with E-state index in [0.29, 0.717) is 13.1 Å². The highest BCUT2D eigenvalue weighted by Crippen LogP contribution is 1.97.